The molecule has 2 aromatic carbocycles. The Kier molecular flexibility index (Phi) is 8.05. The number of piperidine rings is 1. The molecule has 5 heterocycles. The minimum atomic E-state index is -1.35. The molecule has 0 radical (unpaired) electrons. The molecule has 0 spiro atoms. The fraction of sp³-hybridized carbons (Fsp3) is 0.351. The first-order chi connectivity index (χ1) is 24.6. The minimum Gasteiger partial charge on any atom is -0.493 e. The van der Waals surface area contributed by atoms with Crippen molar-refractivity contribution in [1.29, 1.82) is 0 Å². The van der Waals surface area contributed by atoms with Crippen LogP contribution in [0.3, 0.4) is 0 Å². The second kappa shape index (κ2) is 12.6. The Balaban J connectivity index is 1.13. The maximum Gasteiger partial charge on any atom is 0.341 e. The Labute approximate surface area is 291 Å². The fourth-order valence-electron chi connectivity index (χ4n) is 7.86. The van der Waals surface area contributed by atoms with Crippen LogP contribution in [-0.4, -0.2) is 73.9 Å². The third-order valence-corrected chi connectivity index (χ3v) is 10.4. The van der Waals surface area contributed by atoms with E-state index in [4.69, 9.17) is 4.74 Å². The SMILES string of the molecule is COc1c(N2C[C@@H]3CCCN(Cn4c(O)c(N=NC(=O)c5ccncc5)c5cc(C)ccc54)[C@@H]3C2)c(F)cc2c(=O)c(C(=O)O)cn(C3CC3)c12. The van der Waals surface area contributed by atoms with Crippen LogP contribution in [0.5, 0.6) is 11.6 Å². The molecule has 1 aliphatic carbocycles. The van der Waals surface area contributed by atoms with E-state index in [0.717, 1.165) is 49.4 Å². The van der Waals surface area contributed by atoms with Gasteiger partial charge in [-0.05, 0) is 68.9 Å². The summed E-state index contributed by atoms with van der Waals surface area (Å²) < 4.78 is 25.6. The molecule has 1 amide bonds. The number of methoxy groups -OCH3 is 1. The van der Waals surface area contributed by atoms with E-state index in [1.807, 2.05) is 30.0 Å². The normalized spacial score (nSPS) is 19.3. The summed E-state index contributed by atoms with van der Waals surface area (Å²) in [6.45, 7) is 4.03. The van der Waals surface area contributed by atoms with Gasteiger partial charge in [0.15, 0.2) is 17.3 Å². The van der Waals surface area contributed by atoms with Crippen LogP contribution < -0.4 is 15.1 Å². The molecule has 5 aromatic rings. The van der Waals surface area contributed by atoms with Gasteiger partial charge in [-0.3, -0.25) is 24.0 Å². The molecule has 3 aliphatic rings. The molecule has 0 unspecified atom stereocenters. The van der Waals surface area contributed by atoms with Crippen molar-refractivity contribution < 1.29 is 28.9 Å². The Morgan fingerprint density at radius 3 is 2.59 bits per heavy atom. The number of carboxylic acids is 1. The molecule has 2 atom stereocenters. The Bertz CT molecular complexity index is 2320. The molecule has 0 bridgehead atoms. The van der Waals surface area contributed by atoms with Crippen molar-refractivity contribution >= 4 is 45.1 Å². The summed E-state index contributed by atoms with van der Waals surface area (Å²) >= 11 is 0. The fourth-order valence-corrected chi connectivity index (χ4v) is 7.86. The number of likely N-dealkylation sites (tertiary alicyclic amines) is 1. The standard InChI is InChI=1S/C37H36FN7O6/c1-20-5-8-28-24(14-20)30(40-41-35(47)21-9-11-39-12-10-21)36(48)45(28)19-42-13-3-4-22-16-43(18-29(22)42)32-27(38)15-25-31(34(32)51-2)44(23-6-7-23)17-26(33(25)46)37(49)50/h5,8-12,14-15,17,22-23,29,48H,3-4,6-7,13,16,18-19H2,1-2H3,(H,49,50)/t22-,29+/m0/s1. The number of aryl methyl sites for hydroxylation is 1. The van der Waals surface area contributed by atoms with Gasteiger partial charge in [-0.25, -0.2) is 9.18 Å². The van der Waals surface area contributed by atoms with E-state index in [2.05, 4.69) is 20.1 Å². The zero-order valence-corrected chi connectivity index (χ0v) is 28.1. The van der Waals surface area contributed by atoms with Crippen LogP contribution in [0.4, 0.5) is 15.8 Å². The lowest BCUT2D eigenvalue weighted by Gasteiger charge is -2.37. The Morgan fingerprint density at radius 2 is 1.86 bits per heavy atom. The van der Waals surface area contributed by atoms with Crippen molar-refractivity contribution in [2.24, 2.45) is 16.1 Å². The number of aromatic nitrogens is 3. The molecule has 51 heavy (non-hydrogen) atoms. The zero-order valence-electron chi connectivity index (χ0n) is 28.1. The second-order valence-electron chi connectivity index (χ2n) is 13.6. The number of anilines is 1. The number of nitrogens with zero attached hydrogens (tertiary/aromatic N) is 7. The topological polar surface area (TPSA) is 155 Å². The zero-order chi connectivity index (χ0) is 35.6. The van der Waals surface area contributed by atoms with Gasteiger partial charge < -0.3 is 24.4 Å². The number of fused-ring (bicyclic) bond motifs is 3. The highest BCUT2D eigenvalue weighted by Gasteiger charge is 2.42. The number of aromatic hydroxyl groups is 1. The summed E-state index contributed by atoms with van der Waals surface area (Å²) in [5.74, 6) is -2.26. The molecular formula is C37H36FN7O6. The maximum absolute atomic E-state index is 16.2. The molecule has 14 heteroatoms. The van der Waals surface area contributed by atoms with Crippen LogP contribution in [0.25, 0.3) is 21.8 Å². The predicted octanol–water partition coefficient (Wildman–Crippen LogP) is 6.03. The summed E-state index contributed by atoms with van der Waals surface area (Å²) in [5, 5.41) is 30.1. The molecule has 8 rings (SSSR count). The van der Waals surface area contributed by atoms with Crippen molar-refractivity contribution in [2.75, 3.05) is 31.6 Å². The lowest BCUT2D eigenvalue weighted by molar-refractivity contribution is 0.0694. The number of carbonyl (C=O) groups is 2. The number of hydrogen-bond acceptors (Lipinski definition) is 9. The van der Waals surface area contributed by atoms with Gasteiger partial charge in [0.2, 0.25) is 11.3 Å². The lowest BCUT2D eigenvalue weighted by atomic mass is 9.92. The van der Waals surface area contributed by atoms with Crippen molar-refractivity contribution in [3.8, 4) is 11.6 Å². The van der Waals surface area contributed by atoms with E-state index in [0.29, 0.717) is 36.2 Å². The summed E-state index contributed by atoms with van der Waals surface area (Å²) in [7, 11) is 1.45. The average molecular weight is 694 g/mol. The highest BCUT2D eigenvalue weighted by atomic mass is 19.1. The summed E-state index contributed by atoms with van der Waals surface area (Å²) in [6, 6.07) is 10.0. The van der Waals surface area contributed by atoms with E-state index >= 15 is 4.39 Å². The molecule has 2 N–H and O–H groups in total. The monoisotopic (exact) mass is 693 g/mol. The maximum atomic E-state index is 16.2. The number of carbonyl (C=O) groups excluding carboxylic acids is 1. The van der Waals surface area contributed by atoms with Crippen LogP contribution in [0, 0.1) is 18.7 Å². The molecule has 13 nitrogen and oxygen atoms in total. The number of halogens is 1. The van der Waals surface area contributed by atoms with E-state index in [1.54, 1.807) is 21.3 Å². The number of benzene rings is 2. The number of ether oxygens (including phenoxy) is 1. The largest absolute Gasteiger partial charge is 0.493 e. The van der Waals surface area contributed by atoms with Gasteiger partial charge in [0.25, 0.3) is 5.91 Å². The van der Waals surface area contributed by atoms with Crippen LogP contribution in [0.1, 0.15) is 58.0 Å². The third-order valence-electron chi connectivity index (χ3n) is 10.4. The van der Waals surface area contributed by atoms with Crippen molar-refractivity contribution in [3.05, 3.63) is 87.7 Å². The molecule has 2 aliphatic heterocycles. The van der Waals surface area contributed by atoms with Gasteiger partial charge >= 0.3 is 5.97 Å². The van der Waals surface area contributed by atoms with Gasteiger partial charge in [-0.15, -0.1) is 10.2 Å². The molecular weight excluding hydrogens is 657 g/mol. The minimum absolute atomic E-state index is 0.000734. The van der Waals surface area contributed by atoms with E-state index in [-0.39, 0.29) is 46.4 Å². The highest BCUT2D eigenvalue weighted by molar-refractivity contribution is 5.98. The molecule has 1 saturated carbocycles. The summed E-state index contributed by atoms with van der Waals surface area (Å²) in [4.78, 5) is 46.0. The van der Waals surface area contributed by atoms with Crippen molar-refractivity contribution in [3.63, 3.8) is 0 Å². The Morgan fingerprint density at radius 1 is 1.08 bits per heavy atom. The number of carboxylic acid groups (broad SMARTS) is 1. The predicted molar refractivity (Wildman–Crippen MR) is 187 cm³/mol. The van der Waals surface area contributed by atoms with E-state index in [9.17, 15) is 24.6 Å². The van der Waals surface area contributed by atoms with Gasteiger partial charge in [-0.2, -0.15) is 0 Å². The highest BCUT2D eigenvalue weighted by Crippen LogP contribution is 2.46. The van der Waals surface area contributed by atoms with E-state index in [1.165, 1.54) is 25.7 Å². The average Bonchev–Trinajstić information content (AvgIpc) is 3.82. The van der Waals surface area contributed by atoms with Crippen LogP contribution in [-0.2, 0) is 6.67 Å². The second-order valence-corrected chi connectivity index (χ2v) is 13.6. The summed E-state index contributed by atoms with van der Waals surface area (Å²) in [5.41, 5.74) is 1.75. The third kappa shape index (κ3) is 5.59. The van der Waals surface area contributed by atoms with Gasteiger partial charge in [0, 0.05) is 61.3 Å². The van der Waals surface area contributed by atoms with Gasteiger partial charge in [0.05, 0.1) is 30.2 Å². The Hall–Kier alpha value is -5.63. The van der Waals surface area contributed by atoms with Crippen molar-refractivity contribution in [2.45, 2.75) is 51.4 Å². The summed E-state index contributed by atoms with van der Waals surface area (Å²) in [6.07, 6.45) is 7.83. The number of rotatable bonds is 8. The number of hydrogen-bond donors (Lipinski definition) is 2. The van der Waals surface area contributed by atoms with Crippen LogP contribution in [0.2, 0.25) is 0 Å². The number of pyridine rings is 2. The number of aromatic carboxylic acids is 1. The number of amides is 1. The smallest absolute Gasteiger partial charge is 0.341 e. The number of azo groups is 1. The molecule has 3 fully saturated rings. The van der Waals surface area contributed by atoms with Crippen LogP contribution in [0.15, 0.2) is 70.0 Å². The first-order valence-electron chi connectivity index (χ1n) is 17.0. The van der Waals surface area contributed by atoms with Gasteiger partial charge in [-0.1, -0.05) is 11.6 Å². The van der Waals surface area contributed by atoms with Crippen LogP contribution >= 0.6 is 0 Å². The first kappa shape index (κ1) is 32.6. The van der Waals surface area contributed by atoms with Gasteiger partial charge in [0.1, 0.15) is 11.3 Å². The van der Waals surface area contributed by atoms with E-state index < -0.39 is 28.7 Å². The molecule has 2 saturated heterocycles. The van der Waals surface area contributed by atoms with Crippen molar-refractivity contribution in [1.82, 2.24) is 19.0 Å². The molecule has 262 valence electrons. The lowest BCUT2D eigenvalue weighted by Crippen LogP contribution is -2.45. The molecule has 3 aromatic heterocycles. The quantitative estimate of drug-likeness (QED) is 0.186. The first-order valence-corrected chi connectivity index (χ1v) is 17.0.